The first kappa shape index (κ1) is 44.7. The number of hydrogen-bond acceptors (Lipinski definition) is 7. The number of likely N-dealkylation sites (N-methyl/N-ethyl adjacent to an activating group) is 1. The Bertz CT molecular complexity index is 1110. The first-order chi connectivity index (χ1) is 19.7. The summed E-state index contributed by atoms with van der Waals surface area (Å²) in [6.07, 6.45) is -5.08. The van der Waals surface area contributed by atoms with E-state index in [1.807, 2.05) is 34.9 Å². The van der Waals surface area contributed by atoms with E-state index in [1.165, 1.54) is 17.9 Å². The van der Waals surface area contributed by atoms with Crippen molar-refractivity contribution in [2.75, 3.05) is 27.2 Å². The third-order valence-corrected chi connectivity index (χ3v) is 8.62. The van der Waals surface area contributed by atoms with Gasteiger partial charge in [0.05, 0.1) is 30.5 Å². The summed E-state index contributed by atoms with van der Waals surface area (Å²) in [6.45, 7) is 14.3. The maximum atomic E-state index is 12.4. The summed E-state index contributed by atoms with van der Waals surface area (Å²) in [5, 5.41) is 29.3. The first-order valence-corrected chi connectivity index (χ1v) is 16.1. The lowest BCUT2D eigenvalue weighted by atomic mass is 9.90. The van der Waals surface area contributed by atoms with Crippen LogP contribution in [0.3, 0.4) is 0 Å². The van der Waals surface area contributed by atoms with E-state index in [-0.39, 0.29) is 27.2 Å². The van der Waals surface area contributed by atoms with E-state index in [1.54, 1.807) is 20.8 Å². The fourth-order valence-electron chi connectivity index (χ4n) is 2.66. The molecule has 1 aromatic carbocycles. The minimum absolute atomic E-state index is 0.0428. The molecule has 2 atom stereocenters. The van der Waals surface area contributed by atoms with E-state index in [4.69, 9.17) is 14.6 Å². The number of hydrogen-bond donors (Lipinski definition) is 3. The van der Waals surface area contributed by atoms with Gasteiger partial charge < -0.3 is 29.7 Å². The lowest BCUT2D eigenvalue weighted by molar-refractivity contribution is -0.858. The molecule has 15 heteroatoms. The number of esters is 2. The average molecular weight is 832 g/mol. The summed E-state index contributed by atoms with van der Waals surface area (Å²) in [7, 11) is 4.08. The molecule has 44 heavy (non-hydrogen) atoms. The van der Waals surface area contributed by atoms with Crippen LogP contribution in [-0.4, -0.2) is 73.2 Å². The molecule has 0 heterocycles. The summed E-state index contributed by atoms with van der Waals surface area (Å²) in [4.78, 5) is 35.1. The summed E-state index contributed by atoms with van der Waals surface area (Å²) >= 11 is 9.00. The minimum Gasteiger partial charge on any atom is -0.871 e. The van der Waals surface area contributed by atoms with Gasteiger partial charge in [-0.15, -0.1) is 0 Å². The van der Waals surface area contributed by atoms with Crippen LogP contribution in [0.5, 0.6) is 5.75 Å². The number of aliphatic hydroxyl groups is 1. The molecule has 256 valence electrons. The molecular formula is C29H45Br3F3NO8. The topological polar surface area (TPSA) is 138 Å². The fourth-order valence-corrected chi connectivity index (χ4v) is 5.12. The third kappa shape index (κ3) is 15.2. The maximum Gasteiger partial charge on any atom is 0.417 e. The quantitative estimate of drug-likeness (QED) is 0.234. The highest BCUT2D eigenvalue weighted by Gasteiger charge is 2.51. The van der Waals surface area contributed by atoms with Gasteiger partial charge in [0.2, 0.25) is 0 Å². The van der Waals surface area contributed by atoms with E-state index in [0.29, 0.717) is 28.9 Å². The number of carbonyl (C=O) groups is 3. The summed E-state index contributed by atoms with van der Waals surface area (Å²) in [5.74, 6) is -2.17. The number of carboxylic acid groups (broad SMARTS) is 1. The van der Waals surface area contributed by atoms with Gasteiger partial charge in [-0.25, -0.2) is 4.79 Å². The van der Waals surface area contributed by atoms with Gasteiger partial charge in [-0.05, 0) is 76.4 Å². The van der Waals surface area contributed by atoms with Crippen LogP contribution in [0.2, 0.25) is 0 Å². The van der Waals surface area contributed by atoms with Crippen molar-refractivity contribution in [1.29, 1.82) is 0 Å². The lowest BCUT2D eigenvalue weighted by Crippen LogP contribution is -3.06. The Morgan fingerprint density at radius 3 is 1.80 bits per heavy atom. The van der Waals surface area contributed by atoms with Gasteiger partial charge in [0.25, 0.3) is 0 Å². The van der Waals surface area contributed by atoms with Gasteiger partial charge in [-0.3, -0.25) is 9.59 Å². The molecule has 3 N–H and O–H groups in total. The van der Waals surface area contributed by atoms with Crippen molar-refractivity contribution in [3.8, 4) is 5.75 Å². The van der Waals surface area contributed by atoms with E-state index in [9.17, 15) is 37.8 Å². The summed E-state index contributed by atoms with van der Waals surface area (Å²) < 4.78 is 48.1. The standard InChI is InChI=1S/C12H21F3O3.C10H21NO2.C7H3Br3O3/c1-6-10(3,4)9(16)18-8(2)7-11(5,17)12(13,14)15;1-6-10(2,3)9(12)13-8-7-11(4)5;8-2-1-3(9)6(11)5(10)4(2)7(12)13/h8,17H,6-7H2,1-5H3;6-8H2,1-5H3;1,11H,(H,12,13). The molecule has 2 unspecified atom stereocenters. The monoisotopic (exact) mass is 829 g/mol. The predicted molar refractivity (Wildman–Crippen MR) is 170 cm³/mol. The first-order valence-electron chi connectivity index (χ1n) is 13.7. The van der Waals surface area contributed by atoms with Crippen molar-refractivity contribution in [2.24, 2.45) is 10.8 Å². The zero-order chi connectivity index (χ0) is 35.4. The van der Waals surface area contributed by atoms with Gasteiger partial charge in [0.1, 0.15) is 19.3 Å². The molecule has 0 amide bonds. The third-order valence-electron chi connectivity index (χ3n) is 6.65. The number of benzene rings is 1. The zero-order valence-electron chi connectivity index (χ0n) is 26.8. The summed E-state index contributed by atoms with van der Waals surface area (Å²) in [6, 6.07) is 1.41. The van der Waals surface area contributed by atoms with E-state index < -0.39 is 41.7 Å². The highest BCUT2D eigenvalue weighted by Crippen LogP contribution is 2.37. The van der Waals surface area contributed by atoms with E-state index >= 15 is 0 Å². The van der Waals surface area contributed by atoms with Crippen LogP contribution < -0.4 is 10.0 Å². The van der Waals surface area contributed by atoms with Gasteiger partial charge in [0, 0.05) is 19.8 Å². The Morgan fingerprint density at radius 2 is 1.41 bits per heavy atom. The second-order valence-electron chi connectivity index (χ2n) is 11.9. The molecule has 0 radical (unpaired) electrons. The molecule has 1 rings (SSSR count). The van der Waals surface area contributed by atoms with Crippen LogP contribution in [0.1, 0.15) is 85.0 Å². The highest BCUT2D eigenvalue weighted by molar-refractivity contribution is 9.11. The number of halogens is 6. The van der Waals surface area contributed by atoms with E-state index in [2.05, 4.69) is 47.8 Å². The van der Waals surface area contributed by atoms with Gasteiger partial charge in [-0.1, -0.05) is 51.5 Å². The minimum atomic E-state index is -4.74. The molecule has 1 aromatic rings. The van der Waals surface area contributed by atoms with Gasteiger partial charge in [0.15, 0.2) is 5.60 Å². The van der Waals surface area contributed by atoms with E-state index in [0.717, 1.165) is 13.0 Å². The Morgan fingerprint density at radius 1 is 0.955 bits per heavy atom. The van der Waals surface area contributed by atoms with Gasteiger partial charge in [-0.2, -0.15) is 13.2 Å². The second kappa shape index (κ2) is 18.7. The molecule has 0 fully saturated rings. The van der Waals surface area contributed by atoms with Crippen LogP contribution in [0, 0.1) is 10.8 Å². The van der Waals surface area contributed by atoms with Crippen LogP contribution >= 0.6 is 47.8 Å². The Kier molecular flexibility index (Phi) is 19.0. The van der Waals surface area contributed by atoms with Crippen LogP contribution in [0.15, 0.2) is 19.5 Å². The predicted octanol–water partition coefficient (Wildman–Crippen LogP) is 5.91. The van der Waals surface area contributed by atoms with Crippen molar-refractivity contribution in [1.82, 2.24) is 0 Å². The normalized spacial score (nSPS) is 13.9. The van der Waals surface area contributed by atoms with Crippen LogP contribution in [0.4, 0.5) is 13.2 Å². The number of aromatic carboxylic acids is 1. The molecule has 0 bridgehead atoms. The summed E-state index contributed by atoms with van der Waals surface area (Å²) in [5.41, 5.74) is -3.99. The zero-order valence-corrected chi connectivity index (χ0v) is 31.6. The molecule has 0 spiro atoms. The SMILES string of the molecule is CCC(C)(C)C(=O)OC(C)CC(C)(O)C(F)(F)F.CCC(C)(C)C(=O)OCC[NH+](C)C.O=C(O)c1c(Br)cc(Br)c([O-])c1Br. The molecule has 9 nitrogen and oxygen atoms in total. The van der Waals surface area contributed by atoms with Crippen molar-refractivity contribution in [3.05, 3.63) is 25.0 Å². The fraction of sp³-hybridized carbons (Fsp3) is 0.690. The van der Waals surface area contributed by atoms with Crippen molar-refractivity contribution < 1.29 is 57.2 Å². The van der Waals surface area contributed by atoms with Crippen LogP contribution in [-0.2, 0) is 19.1 Å². The van der Waals surface area contributed by atoms with Crippen molar-refractivity contribution in [3.63, 3.8) is 0 Å². The molecule has 0 saturated heterocycles. The number of quaternary nitrogens is 1. The number of alkyl halides is 3. The van der Waals surface area contributed by atoms with Crippen LogP contribution in [0.25, 0.3) is 0 Å². The number of ether oxygens (including phenoxy) is 2. The largest absolute Gasteiger partial charge is 0.871 e. The number of carbonyl (C=O) groups excluding carboxylic acids is 2. The van der Waals surface area contributed by atoms with Crippen molar-refractivity contribution >= 4 is 65.7 Å². The Hall–Kier alpha value is -1.42. The number of rotatable bonds is 11. The molecular weight excluding hydrogens is 787 g/mol. The lowest BCUT2D eigenvalue weighted by Gasteiger charge is -2.30. The molecule has 0 aliphatic rings. The maximum absolute atomic E-state index is 12.4. The number of nitrogens with one attached hydrogen (secondary N) is 1. The number of carboxylic acids is 1. The molecule has 0 aromatic heterocycles. The molecule has 0 saturated carbocycles. The van der Waals surface area contributed by atoms with Gasteiger partial charge >= 0.3 is 24.1 Å². The Labute approximate surface area is 283 Å². The molecule has 0 aliphatic heterocycles. The Balaban J connectivity index is 0. The molecule has 0 aliphatic carbocycles. The average Bonchev–Trinajstić information content (AvgIpc) is 2.86. The smallest absolute Gasteiger partial charge is 0.417 e. The highest BCUT2D eigenvalue weighted by atomic mass is 79.9. The second-order valence-corrected chi connectivity index (χ2v) is 14.4. The van der Waals surface area contributed by atoms with Crippen molar-refractivity contribution in [2.45, 2.75) is 92.5 Å².